The number of aromatic nitrogens is 1. The number of carbonyl (C=O) groups is 2. The van der Waals surface area contributed by atoms with Crippen LogP contribution in [0, 0.1) is 11.8 Å². The van der Waals surface area contributed by atoms with Crippen LogP contribution in [0.3, 0.4) is 0 Å². The van der Waals surface area contributed by atoms with Crippen LogP contribution in [0.1, 0.15) is 36.0 Å². The standard InChI is InChI=1S/C22H25ClN4O2/c23-17-7-8-20(24-13-17)26-22(29)18-3-1-2-4-19(18)25-21(28)16-9-11-27(12-10-16)14-15-5-6-15/h1-4,7-8,13,15-16H,5-6,9-12,14H2,(H,25,28)(H,24,26,29). The van der Waals surface area contributed by atoms with Gasteiger partial charge in [-0.1, -0.05) is 23.7 Å². The molecule has 0 radical (unpaired) electrons. The number of rotatable bonds is 6. The number of likely N-dealkylation sites (tertiary alicyclic amines) is 1. The second-order valence-electron chi connectivity index (χ2n) is 7.87. The summed E-state index contributed by atoms with van der Waals surface area (Å²) < 4.78 is 0. The number of anilines is 2. The average Bonchev–Trinajstić information content (AvgIpc) is 3.54. The van der Waals surface area contributed by atoms with E-state index in [1.54, 1.807) is 30.3 Å². The van der Waals surface area contributed by atoms with Crippen LogP contribution < -0.4 is 10.6 Å². The highest BCUT2D eigenvalue weighted by molar-refractivity contribution is 6.30. The Bertz CT molecular complexity index is 875. The maximum atomic E-state index is 12.8. The molecule has 2 aromatic rings. The SMILES string of the molecule is O=C(Nc1ccc(Cl)cn1)c1ccccc1NC(=O)C1CCN(CC2CC2)CC1. The van der Waals surface area contributed by atoms with Gasteiger partial charge in [-0.25, -0.2) is 4.98 Å². The molecule has 1 aromatic carbocycles. The lowest BCUT2D eigenvalue weighted by atomic mass is 9.95. The van der Waals surface area contributed by atoms with E-state index >= 15 is 0 Å². The van der Waals surface area contributed by atoms with E-state index in [1.165, 1.54) is 25.6 Å². The van der Waals surface area contributed by atoms with Gasteiger partial charge in [0, 0.05) is 18.7 Å². The van der Waals surface area contributed by atoms with E-state index in [1.807, 2.05) is 6.07 Å². The number of piperidine rings is 1. The number of nitrogens with zero attached hydrogens (tertiary/aromatic N) is 2. The van der Waals surface area contributed by atoms with E-state index in [0.29, 0.717) is 22.1 Å². The number of hydrogen-bond donors (Lipinski definition) is 2. The maximum absolute atomic E-state index is 12.8. The van der Waals surface area contributed by atoms with Gasteiger partial charge in [0.05, 0.1) is 16.3 Å². The highest BCUT2D eigenvalue weighted by Crippen LogP contribution is 2.31. The first-order valence-electron chi connectivity index (χ1n) is 10.1. The van der Waals surface area contributed by atoms with Crippen molar-refractivity contribution in [1.29, 1.82) is 0 Å². The van der Waals surface area contributed by atoms with Gasteiger partial charge in [0.25, 0.3) is 5.91 Å². The number of hydrogen-bond acceptors (Lipinski definition) is 4. The predicted molar refractivity (Wildman–Crippen MR) is 114 cm³/mol. The summed E-state index contributed by atoms with van der Waals surface area (Å²) in [5.41, 5.74) is 0.924. The molecule has 29 heavy (non-hydrogen) atoms. The highest BCUT2D eigenvalue weighted by Gasteiger charge is 2.29. The van der Waals surface area contributed by atoms with Crippen molar-refractivity contribution in [3.63, 3.8) is 0 Å². The molecule has 0 bridgehead atoms. The first-order valence-corrected chi connectivity index (χ1v) is 10.5. The number of amides is 2. The largest absolute Gasteiger partial charge is 0.325 e. The second kappa shape index (κ2) is 8.93. The van der Waals surface area contributed by atoms with Crippen molar-refractivity contribution in [2.45, 2.75) is 25.7 Å². The summed E-state index contributed by atoms with van der Waals surface area (Å²) in [7, 11) is 0. The smallest absolute Gasteiger partial charge is 0.258 e. The van der Waals surface area contributed by atoms with Crippen LogP contribution in [0.2, 0.25) is 5.02 Å². The molecule has 2 heterocycles. The predicted octanol–water partition coefficient (Wildman–Crippen LogP) is 4.05. The summed E-state index contributed by atoms with van der Waals surface area (Å²) in [4.78, 5) is 32.0. The molecule has 1 saturated heterocycles. The Morgan fingerprint density at radius 3 is 2.48 bits per heavy atom. The lowest BCUT2D eigenvalue weighted by molar-refractivity contribution is -0.121. The molecule has 4 rings (SSSR count). The second-order valence-corrected chi connectivity index (χ2v) is 8.31. The summed E-state index contributed by atoms with van der Waals surface area (Å²) in [6.07, 6.45) is 5.90. The molecule has 6 nitrogen and oxygen atoms in total. The number of carbonyl (C=O) groups excluding carboxylic acids is 2. The number of para-hydroxylation sites is 1. The molecule has 1 aliphatic heterocycles. The lowest BCUT2D eigenvalue weighted by Crippen LogP contribution is -2.39. The summed E-state index contributed by atoms with van der Waals surface area (Å²) in [5.74, 6) is 0.930. The van der Waals surface area contributed by atoms with Crippen LogP contribution in [0.4, 0.5) is 11.5 Å². The van der Waals surface area contributed by atoms with Gasteiger partial charge < -0.3 is 15.5 Å². The molecule has 2 amide bonds. The van der Waals surface area contributed by atoms with E-state index < -0.39 is 0 Å². The summed E-state index contributed by atoms with van der Waals surface area (Å²) in [5, 5.41) is 6.20. The monoisotopic (exact) mass is 412 g/mol. The molecule has 0 unspecified atom stereocenters. The first-order chi connectivity index (χ1) is 14.1. The first kappa shape index (κ1) is 19.9. The molecule has 2 fully saturated rings. The maximum Gasteiger partial charge on any atom is 0.258 e. The normalized spacial score (nSPS) is 17.7. The van der Waals surface area contributed by atoms with Gasteiger partial charge in [0.1, 0.15) is 5.82 Å². The van der Waals surface area contributed by atoms with Crippen molar-refractivity contribution in [3.8, 4) is 0 Å². The number of halogens is 1. The molecular weight excluding hydrogens is 388 g/mol. The molecule has 2 aliphatic rings. The Morgan fingerprint density at radius 1 is 1.03 bits per heavy atom. The third-order valence-electron chi connectivity index (χ3n) is 5.57. The molecule has 2 N–H and O–H groups in total. The zero-order valence-corrected chi connectivity index (χ0v) is 17.0. The molecule has 1 aromatic heterocycles. The van der Waals surface area contributed by atoms with Crippen LogP contribution in [0.5, 0.6) is 0 Å². The van der Waals surface area contributed by atoms with Crippen LogP contribution in [0.25, 0.3) is 0 Å². The van der Waals surface area contributed by atoms with Gasteiger partial charge in [0.2, 0.25) is 5.91 Å². The van der Waals surface area contributed by atoms with E-state index in [2.05, 4.69) is 20.5 Å². The van der Waals surface area contributed by atoms with Crippen LogP contribution in [-0.4, -0.2) is 41.3 Å². The molecule has 7 heteroatoms. The Morgan fingerprint density at radius 2 is 1.79 bits per heavy atom. The van der Waals surface area contributed by atoms with Crippen LogP contribution in [-0.2, 0) is 4.79 Å². The van der Waals surface area contributed by atoms with Crippen molar-refractivity contribution in [2.24, 2.45) is 11.8 Å². The topological polar surface area (TPSA) is 74.3 Å². The molecule has 1 saturated carbocycles. The number of benzene rings is 1. The Balaban J connectivity index is 1.36. The minimum atomic E-state index is -0.324. The molecule has 0 spiro atoms. The summed E-state index contributed by atoms with van der Waals surface area (Å²) >= 11 is 5.83. The fraction of sp³-hybridized carbons (Fsp3) is 0.409. The fourth-order valence-electron chi connectivity index (χ4n) is 3.70. The minimum absolute atomic E-state index is 0.0130. The summed E-state index contributed by atoms with van der Waals surface area (Å²) in [6, 6.07) is 10.3. The quantitative estimate of drug-likeness (QED) is 0.750. The zero-order valence-electron chi connectivity index (χ0n) is 16.2. The van der Waals surface area contributed by atoms with Crippen molar-refractivity contribution in [1.82, 2.24) is 9.88 Å². The third-order valence-corrected chi connectivity index (χ3v) is 5.79. The van der Waals surface area contributed by atoms with E-state index in [0.717, 1.165) is 31.8 Å². The summed E-state index contributed by atoms with van der Waals surface area (Å²) in [6.45, 7) is 3.12. The number of nitrogens with one attached hydrogen (secondary N) is 2. The molecule has 1 aliphatic carbocycles. The zero-order chi connectivity index (χ0) is 20.2. The molecule has 152 valence electrons. The number of pyridine rings is 1. The van der Waals surface area contributed by atoms with Gasteiger partial charge >= 0.3 is 0 Å². The fourth-order valence-corrected chi connectivity index (χ4v) is 3.81. The Kier molecular flexibility index (Phi) is 6.11. The van der Waals surface area contributed by atoms with Crippen LogP contribution in [0.15, 0.2) is 42.6 Å². The van der Waals surface area contributed by atoms with Gasteiger partial charge in [-0.2, -0.15) is 0 Å². The van der Waals surface area contributed by atoms with Crippen molar-refractivity contribution < 1.29 is 9.59 Å². The van der Waals surface area contributed by atoms with Crippen LogP contribution >= 0.6 is 11.6 Å². The van der Waals surface area contributed by atoms with Crippen molar-refractivity contribution in [3.05, 3.63) is 53.2 Å². The Labute approximate surface area is 175 Å². The van der Waals surface area contributed by atoms with E-state index in [9.17, 15) is 9.59 Å². The van der Waals surface area contributed by atoms with Gasteiger partial charge in [-0.05, 0) is 69.0 Å². The molecule has 0 atom stereocenters. The van der Waals surface area contributed by atoms with Crippen molar-refractivity contribution in [2.75, 3.05) is 30.3 Å². The lowest BCUT2D eigenvalue weighted by Gasteiger charge is -2.31. The van der Waals surface area contributed by atoms with E-state index in [4.69, 9.17) is 11.6 Å². The molecular formula is C22H25ClN4O2. The third kappa shape index (κ3) is 5.34. The average molecular weight is 413 g/mol. The van der Waals surface area contributed by atoms with Gasteiger partial charge in [-0.3, -0.25) is 9.59 Å². The Hall–Kier alpha value is -2.44. The van der Waals surface area contributed by atoms with Gasteiger partial charge in [0.15, 0.2) is 0 Å². The minimum Gasteiger partial charge on any atom is -0.325 e. The van der Waals surface area contributed by atoms with E-state index in [-0.39, 0.29) is 17.7 Å². The highest BCUT2D eigenvalue weighted by atomic mass is 35.5. The van der Waals surface area contributed by atoms with Gasteiger partial charge in [-0.15, -0.1) is 0 Å². The van der Waals surface area contributed by atoms with Crippen molar-refractivity contribution >= 4 is 34.9 Å².